The predicted octanol–water partition coefficient (Wildman–Crippen LogP) is 3.28. The van der Waals surface area contributed by atoms with Crippen LogP contribution < -0.4 is 5.32 Å². The first-order valence-electron chi connectivity index (χ1n) is 4.53. The molecule has 1 atom stereocenters. The van der Waals surface area contributed by atoms with Crippen molar-refractivity contribution in [3.8, 4) is 0 Å². The van der Waals surface area contributed by atoms with Gasteiger partial charge in [0.2, 0.25) is 0 Å². The van der Waals surface area contributed by atoms with Crippen LogP contribution in [0.1, 0.15) is 30.3 Å². The summed E-state index contributed by atoms with van der Waals surface area (Å²) in [5.74, 6) is 0. The van der Waals surface area contributed by atoms with E-state index in [2.05, 4.69) is 37.2 Å². The van der Waals surface area contributed by atoms with Crippen molar-refractivity contribution >= 4 is 11.3 Å². The van der Waals surface area contributed by atoms with Crippen molar-refractivity contribution in [2.24, 2.45) is 0 Å². The molecule has 0 aliphatic rings. The minimum absolute atomic E-state index is 0.441. The fourth-order valence-electron chi connectivity index (χ4n) is 1.25. The van der Waals surface area contributed by atoms with E-state index in [1.807, 2.05) is 18.3 Å². The number of thiophene rings is 1. The lowest BCUT2D eigenvalue weighted by atomic mass is 10.2. The van der Waals surface area contributed by atoms with Gasteiger partial charge < -0.3 is 5.32 Å². The molecule has 0 aliphatic carbocycles. The highest BCUT2D eigenvalue weighted by Crippen LogP contribution is 2.23. The highest BCUT2D eigenvalue weighted by atomic mass is 32.1. The first-order valence-corrected chi connectivity index (χ1v) is 5.41. The Bertz CT molecular complexity index is 288. The highest BCUT2D eigenvalue weighted by molar-refractivity contribution is 7.10. The molecule has 1 nitrogen and oxygen atoms in total. The quantitative estimate of drug-likeness (QED) is 0.727. The summed E-state index contributed by atoms with van der Waals surface area (Å²) in [6.07, 6.45) is 0. The summed E-state index contributed by atoms with van der Waals surface area (Å²) in [5, 5.41) is 5.58. The van der Waals surface area contributed by atoms with Crippen LogP contribution in [0.3, 0.4) is 0 Å². The number of aryl methyl sites for hydroxylation is 1. The third kappa shape index (κ3) is 2.98. The topological polar surface area (TPSA) is 12.0 Å². The molecule has 0 aliphatic heterocycles. The highest BCUT2D eigenvalue weighted by Gasteiger charge is 2.08. The molecule has 0 saturated carbocycles. The maximum Gasteiger partial charge on any atom is 0.0391 e. The molecule has 1 heterocycles. The SMILES string of the molecule is C=C(C)CNC(C)c1sccc1C. The van der Waals surface area contributed by atoms with Gasteiger partial charge >= 0.3 is 0 Å². The molecule has 0 saturated heterocycles. The van der Waals surface area contributed by atoms with Gasteiger partial charge in [-0.15, -0.1) is 11.3 Å². The Balaban J connectivity index is 2.53. The Labute approximate surface area is 84.5 Å². The van der Waals surface area contributed by atoms with Gasteiger partial charge in [0.15, 0.2) is 0 Å². The predicted molar refractivity (Wildman–Crippen MR) is 60.3 cm³/mol. The van der Waals surface area contributed by atoms with Gasteiger partial charge in [-0.05, 0) is 37.8 Å². The van der Waals surface area contributed by atoms with Gasteiger partial charge in [0.25, 0.3) is 0 Å². The zero-order valence-electron chi connectivity index (χ0n) is 8.55. The van der Waals surface area contributed by atoms with Crippen LogP contribution in [0, 0.1) is 6.92 Å². The van der Waals surface area contributed by atoms with Crippen molar-refractivity contribution in [2.45, 2.75) is 26.8 Å². The van der Waals surface area contributed by atoms with E-state index in [1.54, 1.807) is 0 Å². The van der Waals surface area contributed by atoms with Gasteiger partial charge in [0.1, 0.15) is 0 Å². The molecule has 0 amide bonds. The monoisotopic (exact) mass is 195 g/mol. The van der Waals surface area contributed by atoms with E-state index in [9.17, 15) is 0 Å². The van der Waals surface area contributed by atoms with Crippen molar-refractivity contribution in [3.05, 3.63) is 34.0 Å². The van der Waals surface area contributed by atoms with Crippen molar-refractivity contribution in [1.82, 2.24) is 5.32 Å². The molecule has 72 valence electrons. The Morgan fingerprint density at radius 1 is 1.69 bits per heavy atom. The number of hydrogen-bond donors (Lipinski definition) is 1. The van der Waals surface area contributed by atoms with Crippen LogP contribution in [0.15, 0.2) is 23.6 Å². The van der Waals surface area contributed by atoms with E-state index in [-0.39, 0.29) is 0 Å². The number of nitrogens with one attached hydrogen (secondary N) is 1. The maximum atomic E-state index is 3.87. The van der Waals surface area contributed by atoms with Crippen LogP contribution >= 0.6 is 11.3 Å². The zero-order chi connectivity index (χ0) is 9.84. The molecule has 0 radical (unpaired) electrons. The minimum atomic E-state index is 0.441. The van der Waals surface area contributed by atoms with Crippen molar-refractivity contribution in [2.75, 3.05) is 6.54 Å². The van der Waals surface area contributed by atoms with Crippen LogP contribution in [-0.2, 0) is 0 Å². The van der Waals surface area contributed by atoms with E-state index in [0.29, 0.717) is 6.04 Å². The average molecular weight is 195 g/mol. The van der Waals surface area contributed by atoms with E-state index >= 15 is 0 Å². The van der Waals surface area contributed by atoms with E-state index in [1.165, 1.54) is 16.0 Å². The molecule has 1 aromatic rings. The summed E-state index contributed by atoms with van der Waals surface area (Å²) >= 11 is 1.82. The van der Waals surface area contributed by atoms with E-state index < -0.39 is 0 Å². The van der Waals surface area contributed by atoms with Gasteiger partial charge in [0, 0.05) is 17.5 Å². The summed E-state index contributed by atoms with van der Waals surface area (Å²) in [6, 6.07) is 2.61. The molecule has 0 spiro atoms. The third-order valence-electron chi connectivity index (χ3n) is 2.01. The molecule has 2 heteroatoms. The summed E-state index contributed by atoms with van der Waals surface area (Å²) in [4.78, 5) is 1.43. The summed E-state index contributed by atoms with van der Waals surface area (Å²) < 4.78 is 0. The second-order valence-corrected chi connectivity index (χ2v) is 4.48. The number of rotatable bonds is 4. The first kappa shape index (κ1) is 10.5. The van der Waals surface area contributed by atoms with Gasteiger partial charge in [-0.1, -0.05) is 12.2 Å². The van der Waals surface area contributed by atoms with Gasteiger partial charge in [0.05, 0.1) is 0 Å². The fraction of sp³-hybridized carbons (Fsp3) is 0.455. The normalized spacial score (nSPS) is 12.8. The lowest BCUT2D eigenvalue weighted by Crippen LogP contribution is -2.19. The second-order valence-electron chi connectivity index (χ2n) is 3.53. The van der Waals surface area contributed by atoms with E-state index in [0.717, 1.165) is 6.54 Å². The Morgan fingerprint density at radius 3 is 2.85 bits per heavy atom. The van der Waals surface area contributed by atoms with E-state index in [4.69, 9.17) is 0 Å². The van der Waals surface area contributed by atoms with Crippen LogP contribution in [0.4, 0.5) is 0 Å². The lowest BCUT2D eigenvalue weighted by Gasteiger charge is -2.13. The lowest BCUT2D eigenvalue weighted by molar-refractivity contribution is 0.614. The standard InChI is InChI=1S/C11H17NS/c1-8(2)7-12-10(4)11-9(3)5-6-13-11/h5-6,10,12H,1,7H2,2-4H3. The molecule has 1 unspecified atom stereocenters. The molecule has 0 aromatic carbocycles. The third-order valence-corrected chi connectivity index (χ3v) is 3.21. The zero-order valence-corrected chi connectivity index (χ0v) is 9.37. The van der Waals surface area contributed by atoms with Crippen molar-refractivity contribution in [1.29, 1.82) is 0 Å². The number of hydrogen-bond acceptors (Lipinski definition) is 2. The van der Waals surface area contributed by atoms with Crippen molar-refractivity contribution in [3.63, 3.8) is 0 Å². The van der Waals surface area contributed by atoms with Gasteiger partial charge in [-0.3, -0.25) is 0 Å². The molecule has 1 rings (SSSR count). The molecular formula is C11H17NS. The Morgan fingerprint density at radius 2 is 2.38 bits per heavy atom. The molecular weight excluding hydrogens is 178 g/mol. The van der Waals surface area contributed by atoms with Crippen LogP contribution in [0.2, 0.25) is 0 Å². The fourth-order valence-corrected chi connectivity index (χ4v) is 2.21. The molecule has 0 bridgehead atoms. The smallest absolute Gasteiger partial charge is 0.0391 e. The maximum absolute atomic E-state index is 3.87. The van der Waals surface area contributed by atoms with Crippen molar-refractivity contribution < 1.29 is 0 Å². The molecule has 1 N–H and O–H groups in total. The second kappa shape index (κ2) is 4.58. The van der Waals surface area contributed by atoms with Crippen LogP contribution in [0.5, 0.6) is 0 Å². The van der Waals surface area contributed by atoms with Crippen LogP contribution in [0.25, 0.3) is 0 Å². The molecule has 13 heavy (non-hydrogen) atoms. The summed E-state index contributed by atoms with van der Waals surface area (Å²) in [5.41, 5.74) is 2.56. The summed E-state index contributed by atoms with van der Waals surface area (Å²) in [7, 11) is 0. The summed E-state index contributed by atoms with van der Waals surface area (Å²) in [6.45, 7) is 11.2. The molecule has 1 aromatic heterocycles. The Hall–Kier alpha value is -0.600. The van der Waals surface area contributed by atoms with Crippen LogP contribution in [-0.4, -0.2) is 6.54 Å². The van der Waals surface area contributed by atoms with Gasteiger partial charge in [-0.25, -0.2) is 0 Å². The first-order chi connectivity index (χ1) is 6.11. The Kier molecular flexibility index (Phi) is 3.70. The average Bonchev–Trinajstić information content (AvgIpc) is 2.47. The van der Waals surface area contributed by atoms with Gasteiger partial charge in [-0.2, -0.15) is 0 Å². The molecule has 0 fully saturated rings. The largest absolute Gasteiger partial charge is 0.306 e. The minimum Gasteiger partial charge on any atom is -0.306 e.